The summed E-state index contributed by atoms with van der Waals surface area (Å²) in [6.07, 6.45) is 2.62. The van der Waals surface area contributed by atoms with Gasteiger partial charge in [0.05, 0.1) is 18.1 Å². The fraction of sp³-hybridized carbons (Fsp3) is 0.652. The lowest BCUT2D eigenvalue weighted by Crippen LogP contribution is -2.40. The minimum atomic E-state index is -3.86. The van der Waals surface area contributed by atoms with Gasteiger partial charge in [-0.15, -0.1) is 0 Å². The zero-order chi connectivity index (χ0) is 24.2. The molecule has 0 spiro atoms. The van der Waals surface area contributed by atoms with Crippen LogP contribution >= 0.6 is 0 Å². The van der Waals surface area contributed by atoms with Gasteiger partial charge in [0.15, 0.2) is 6.61 Å². The van der Waals surface area contributed by atoms with Gasteiger partial charge in [-0.05, 0) is 48.8 Å². The van der Waals surface area contributed by atoms with Crippen LogP contribution in [0.15, 0.2) is 23.1 Å². The van der Waals surface area contributed by atoms with Gasteiger partial charge in [-0.2, -0.15) is 4.31 Å². The van der Waals surface area contributed by atoms with Gasteiger partial charge in [-0.3, -0.25) is 0 Å². The van der Waals surface area contributed by atoms with Gasteiger partial charge in [-0.1, -0.05) is 27.2 Å². The van der Waals surface area contributed by atoms with Gasteiger partial charge in [0, 0.05) is 13.1 Å². The van der Waals surface area contributed by atoms with Gasteiger partial charge in [0.25, 0.3) is 0 Å². The number of morpholine rings is 1. The second-order valence-electron chi connectivity index (χ2n) is 9.13. The molecule has 184 valence electrons. The molecule has 1 aliphatic heterocycles. The van der Waals surface area contributed by atoms with Gasteiger partial charge in [0.1, 0.15) is 17.4 Å². The molecule has 2 aliphatic rings. The lowest BCUT2D eigenvalue weighted by Gasteiger charge is -2.36. The number of hydrogen-bond donors (Lipinski definition) is 1. The molecule has 3 atom stereocenters. The number of phenols is 1. The summed E-state index contributed by atoms with van der Waals surface area (Å²) in [4.78, 5) is 24.7. The van der Waals surface area contributed by atoms with Gasteiger partial charge >= 0.3 is 11.9 Å². The normalized spacial score (nSPS) is 24.4. The summed E-state index contributed by atoms with van der Waals surface area (Å²) in [5, 5.41) is 10.1. The summed E-state index contributed by atoms with van der Waals surface area (Å²) in [6, 6.07) is 3.41. The van der Waals surface area contributed by atoms with Crippen molar-refractivity contribution in [3.05, 3.63) is 23.8 Å². The van der Waals surface area contributed by atoms with Crippen LogP contribution in [0.3, 0.4) is 0 Å². The van der Waals surface area contributed by atoms with Crippen LogP contribution in [0.5, 0.6) is 5.75 Å². The molecule has 9 nitrogen and oxygen atoms in total. The van der Waals surface area contributed by atoms with Crippen molar-refractivity contribution in [3.8, 4) is 5.75 Å². The number of phenolic OH excluding ortho intramolecular Hbond substituents is 1. The maximum absolute atomic E-state index is 12.8. The van der Waals surface area contributed by atoms with E-state index in [1.807, 2.05) is 0 Å². The number of esters is 2. The third-order valence-electron chi connectivity index (χ3n) is 6.36. The number of nitrogens with zero attached hydrogens (tertiary/aromatic N) is 1. The first-order chi connectivity index (χ1) is 15.6. The Labute approximate surface area is 195 Å². The number of carbonyl (C=O) groups excluding carboxylic acids is 2. The Hall–Kier alpha value is -2.17. The van der Waals surface area contributed by atoms with E-state index in [9.17, 15) is 23.1 Å². The molecule has 0 radical (unpaired) electrons. The van der Waals surface area contributed by atoms with Crippen molar-refractivity contribution in [2.24, 2.45) is 17.8 Å². The van der Waals surface area contributed by atoms with Gasteiger partial charge < -0.3 is 19.3 Å². The minimum Gasteiger partial charge on any atom is -0.507 e. The SMILES string of the molecule is CC(C)[C@H]1CC[C@@H](C)C[C@H]1OC(=O)COC(=O)c1cc(S(=O)(=O)N2CCOCC2)ccc1O. The maximum atomic E-state index is 12.8. The van der Waals surface area contributed by atoms with Crippen LogP contribution < -0.4 is 0 Å². The number of sulfonamides is 1. The average molecular weight is 484 g/mol. The van der Waals surface area contributed by atoms with E-state index in [2.05, 4.69) is 20.8 Å². The number of hydrogen-bond acceptors (Lipinski definition) is 8. The van der Waals surface area contributed by atoms with Gasteiger partial charge in [0.2, 0.25) is 10.0 Å². The smallest absolute Gasteiger partial charge is 0.344 e. The highest BCUT2D eigenvalue weighted by Crippen LogP contribution is 2.35. The molecule has 1 aliphatic carbocycles. The summed E-state index contributed by atoms with van der Waals surface area (Å²) in [7, 11) is -3.86. The molecular weight excluding hydrogens is 450 g/mol. The Morgan fingerprint density at radius 2 is 1.91 bits per heavy atom. The fourth-order valence-electron chi connectivity index (χ4n) is 4.43. The number of rotatable bonds is 7. The van der Waals surface area contributed by atoms with Crippen molar-refractivity contribution in [3.63, 3.8) is 0 Å². The van der Waals surface area contributed by atoms with E-state index in [4.69, 9.17) is 14.2 Å². The summed E-state index contributed by atoms with van der Waals surface area (Å²) >= 11 is 0. The van der Waals surface area contributed by atoms with Gasteiger partial charge in [-0.25, -0.2) is 18.0 Å². The second kappa shape index (κ2) is 10.8. The van der Waals surface area contributed by atoms with Crippen molar-refractivity contribution in [1.29, 1.82) is 0 Å². The molecule has 1 saturated heterocycles. The predicted octanol–water partition coefficient (Wildman–Crippen LogP) is 2.57. The first kappa shape index (κ1) is 25.5. The molecular formula is C23H33NO8S. The van der Waals surface area contributed by atoms with Crippen molar-refractivity contribution in [1.82, 2.24) is 4.31 Å². The molecule has 1 aromatic carbocycles. The lowest BCUT2D eigenvalue weighted by molar-refractivity contribution is -0.159. The number of benzene rings is 1. The minimum absolute atomic E-state index is 0.146. The Bertz CT molecular complexity index is 955. The zero-order valence-electron chi connectivity index (χ0n) is 19.4. The van der Waals surface area contributed by atoms with Crippen LogP contribution in [0.25, 0.3) is 0 Å². The zero-order valence-corrected chi connectivity index (χ0v) is 20.2. The molecule has 0 amide bonds. The Balaban J connectivity index is 1.64. The lowest BCUT2D eigenvalue weighted by atomic mass is 9.75. The Kier molecular flexibility index (Phi) is 8.36. The molecule has 1 aromatic rings. The summed E-state index contributed by atoms with van der Waals surface area (Å²) in [5.41, 5.74) is -0.330. The maximum Gasteiger partial charge on any atom is 0.344 e. The van der Waals surface area contributed by atoms with Crippen molar-refractivity contribution < 1.29 is 37.3 Å². The fourth-order valence-corrected chi connectivity index (χ4v) is 5.87. The molecule has 1 saturated carbocycles. The number of carbonyl (C=O) groups is 2. The molecule has 33 heavy (non-hydrogen) atoms. The third-order valence-corrected chi connectivity index (χ3v) is 8.26. The monoisotopic (exact) mass is 483 g/mol. The van der Waals surface area contributed by atoms with E-state index in [0.29, 0.717) is 11.8 Å². The third kappa shape index (κ3) is 6.24. The molecule has 0 bridgehead atoms. The van der Waals surface area contributed by atoms with E-state index in [1.54, 1.807) is 0 Å². The molecule has 10 heteroatoms. The topological polar surface area (TPSA) is 119 Å². The first-order valence-corrected chi connectivity index (χ1v) is 12.8. The molecule has 3 rings (SSSR count). The average Bonchev–Trinajstić information content (AvgIpc) is 2.78. The largest absolute Gasteiger partial charge is 0.507 e. The predicted molar refractivity (Wildman–Crippen MR) is 119 cm³/mol. The number of ether oxygens (including phenoxy) is 3. The molecule has 1 heterocycles. The summed E-state index contributed by atoms with van der Waals surface area (Å²) < 4.78 is 42.8. The van der Waals surface area contributed by atoms with Crippen molar-refractivity contribution in [2.75, 3.05) is 32.9 Å². The van der Waals surface area contributed by atoms with E-state index < -0.39 is 34.3 Å². The van der Waals surface area contributed by atoms with E-state index >= 15 is 0 Å². The van der Waals surface area contributed by atoms with E-state index in [-0.39, 0.29) is 48.8 Å². The van der Waals surface area contributed by atoms with E-state index in [1.165, 1.54) is 10.4 Å². The first-order valence-electron chi connectivity index (χ1n) is 11.4. The highest BCUT2D eigenvalue weighted by Gasteiger charge is 2.34. The van der Waals surface area contributed by atoms with E-state index in [0.717, 1.165) is 31.4 Å². The highest BCUT2D eigenvalue weighted by atomic mass is 32.2. The summed E-state index contributed by atoms with van der Waals surface area (Å²) in [5.74, 6) is -1.02. The quantitative estimate of drug-likeness (QED) is 0.588. The molecule has 0 aromatic heterocycles. The van der Waals surface area contributed by atoms with Crippen LogP contribution in [-0.2, 0) is 29.0 Å². The second-order valence-corrected chi connectivity index (χ2v) is 11.1. The van der Waals surface area contributed by atoms with Crippen molar-refractivity contribution in [2.45, 2.75) is 51.0 Å². The van der Waals surface area contributed by atoms with Crippen LogP contribution in [0, 0.1) is 17.8 Å². The van der Waals surface area contributed by atoms with Crippen LogP contribution in [0.1, 0.15) is 50.4 Å². The molecule has 0 unspecified atom stereocenters. The Morgan fingerprint density at radius 3 is 2.58 bits per heavy atom. The van der Waals surface area contributed by atoms with Crippen molar-refractivity contribution >= 4 is 22.0 Å². The van der Waals surface area contributed by atoms with Crippen LogP contribution in [-0.4, -0.2) is 68.8 Å². The molecule has 1 N–H and O–H groups in total. The standard InChI is InChI=1S/C23H33NO8S/c1-15(2)18-6-4-16(3)12-21(18)32-22(26)14-31-23(27)19-13-17(5-7-20(19)25)33(28,29)24-8-10-30-11-9-24/h5,7,13,15-16,18,21,25H,4,6,8-12,14H2,1-3H3/t16-,18-,21-/m1/s1. The van der Waals surface area contributed by atoms with Crippen LogP contribution in [0.4, 0.5) is 0 Å². The molecule has 2 fully saturated rings. The number of aromatic hydroxyl groups is 1. The highest BCUT2D eigenvalue weighted by molar-refractivity contribution is 7.89. The summed E-state index contributed by atoms with van der Waals surface area (Å²) in [6.45, 7) is 6.67. The van der Waals surface area contributed by atoms with Crippen LogP contribution in [0.2, 0.25) is 0 Å². The Morgan fingerprint density at radius 1 is 1.21 bits per heavy atom.